The molecular formula is C9H12N4S. The zero-order chi connectivity index (χ0) is 10.4. The van der Waals surface area contributed by atoms with Crippen LogP contribution >= 0.6 is 12.2 Å². The van der Waals surface area contributed by atoms with Gasteiger partial charge in [0.05, 0.1) is 11.4 Å². The molecule has 0 saturated heterocycles. The van der Waals surface area contributed by atoms with E-state index in [1.54, 1.807) is 13.2 Å². The molecule has 4 nitrogen and oxygen atoms in total. The van der Waals surface area contributed by atoms with Gasteiger partial charge in [-0.25, -0.2) is 0 Å². The zero-order valence-electron chi connectivity index (χ0n) is 8.11. The number of nitrogens with zero attached hydrogens (tertiary/aromatic N) is 2. The second-order valence-electron chi connectivity index (χ2n) is 2.60. The minimum Gasteiger partial charge on any atom is -0.364 e. The Morgan fingerprint density at radius 1 is 1.50 bits per heavy atom. The van der Waals surface area contributed by atoms with E-state index in [0.29, 0.717) is 5.11 Å². The van der Waals surface area contributed by atoms with Gasteiger partial charge in [-0.05, 0) is 31.3 Å². The van der Waals surface area contributed by atoms with Crippen molar-refractivity contribution in [2.75, 3.05) is 7.05 Å². The molecule has 0 radical (unpaired) electrons. The summed E-state index contributed by atoms with van der Waals surface area (Å²) in [5.74, 6) is 0. The summed E-state index contributed by atoms with van der Waals surface area (Å²) in [5, 5.41) is 7.32. The van der Waals surface area contributed by atoms with Gasteiger partial charge in [0.2, 0.25) is 0 Å². The van der Waals surface area contributed by atoms with Gasteiger partial charge in [0.25, 0.3) is 0 Å². The number of aromatic nitrogens is 1. The third-order valence-corrected chi connectivity index (χ3v) is 1.88. The van der Waals surface area contributed by atoms with Crippen LogP contribution in [0.4, 0.5) is 0 Å². The Balaban J connectivity index is 2.66. The predicted octanol–water partition coefficient (Wildman–Crippen LogP) is 0.899. The van der Waals surface area contributed by atoms with Crippen molar-refractivity contribution in [1.82, 2.24) is 15.7 Å². The molecule has 0 saturated carbocycles. The Hall–Kier alpha value is -1.49. The summed E-state index contributed by atoms with van der Waals surface area (Å²) >= 11 is 4.87. The minimum atomic E-state index is 0.486. The topological polar surface area (TPSA) is 49.3 Å². The highest BCUT2D eigenvalue weighted by atomic mass is 32.1. The number of hydrogen-bond acceptors (Lipinski definition) is 3. The molecule has 74 valence electrons. The SMILES string of the molecule is CNC(=S)N/N=C(/C)c1ccccn1. The lowest BCUT2D eigenvalue weighted by molar-refractivity contribution is 0.971. The van der Waals surface area contributed by atoms with E-state index in [-0.39, 0.29) is 0 Å². The molecule has 0 atom stereocenters. The summed E-state index contributed by atoms with van der Waals surface area (Å²) in [6, 6.07) is 5.67. The summed E-state index contributed by atoms with van der Waals surface area (Å²) in [4.78, 5) is 4.15. The molecule has 5 heteroatoms. The molecular weight excluding hydrogens is 196 g/mol. The number of thiocarbonyl (C=S) groups is 1. The van der Waals surface area contributed by atoms with Crippen LogP contribution in [0.2, 0.25) is 0 Å². The molecule has 0 aliphatic heterocycles. The third kappa shape index (κ3) is 3.10. The van der Waals surface area contributed by atoms with Crippen LogP contribution in [0.3, 0.4) is 0 Å². The number of hydrogen-bond donors (Lipinski definition) is 2. The average molecular weight is 208 g/mol. The van der Waals surface area contributed by atoms with E-state index in [1.807, 2.05) is 25.1 Å². The van der Waals surface area contributed by atoms with Gasteiger partial charge in [-0.2, -0.15) is 5.10 Å². The molecule has 0 aliphatic carbocycles. The molecule has 2 N–H and O–H groups in total. The van der Waals surface area contributed by atoms with E-state index in [9.17, 15) is 0 Å². The molecule has 0 aromatic carbocycles. The standard InChI is InChI=1S/C9H12N4S/c1-7(12-13-9(14)10-2)8-5-3-4-6-11-8/h3-6H,1-2H3,(H2,10,13,14)/b12-7-. The number of hydrazone groups is 1. The van der Waals surface area contributed by atoms with Gasteiger partial charge >= 0.3 is 0 Å². The highest BCUT2D eigenvalue weighted by molar-refractivity contribution is 7.80. The maximum Gasteiger partial charge on any atom is 0.186 e. The van der Waals surface area contributed by atoms with Crippen LogP contribution in [-0.2, 0) is 0 Å². The van der Waals surface area contributed by atoms with Crippen LogP contribution in [0.5, 0.6) is 0 Å². The van der Waals surface area contributed by atoms with E-state index in [1.165, 1.54) is 0 Å². The van der Waals surface area contributed by atoms with Crippen molar-refractivity contribution in [3.63, 3.8) is 0 Å². The monoisotopic (exact) mass is 208 g/mol. The van der Waals surface area contributed by atoms with Crippen LogP contribution in [0.1, 0.15) is 12.6 Å². The summed E-state index contributed by atoms with van der Waals surface area (Å²) < 4.78 is 0. The van der Waals surface area contributed by atoms with E-state index in [0.717, 1.165) is 11.4 Å². The molecule has 0 spiro atoms. The molecule has 1 aromatic rings. The average Bonchev–Trinajstić information content (AvgIpc) is 2.26. The first-order valence-electron chi connectivity index (χ1n) is 4.17. The summed E-state index contributed by atoms with van der Waals surface area (Å²) in [6.07, 6.45) is 1.73. The Labute approximate surface area is 88.4 Å². The molecule has 14 heavy (non-hydrogen) atoms. The first-order valence-corrected chi connectivity index (χ1v) is 4.58. The fraction of sp³-hybridized carbons (Fsp3) is 0.222. The Morgan fingerprint density at radius 3 is 2.86 bits per heavy atom. The van der Waals surface area contributed by atoms with E-state index >= 15 is 0 Å². The van der Waals surface area contributed by atoms with Crippen LogP contribution in [0.15, 0.2) is 29.5 Å². The van der Waals surface area contributed by atoms with Crippen LogP contribution < -0.4 is 10.7 Å². The van der Waals surface area contributed by atoms with Gasteiger partial charge < -0.3 is 5.32 Å². The van der Waals surface area contributed by atoms with Crippen LogP contribution in [0.25, 0.3) is 0 Å². The number of pyridine rings is 1. The van der Waals surface area contributed by atoms with Gasteiger partial charge in [0, 0.05) is 13.2 Å². The zero-order valence-corrected chi connectivity index (χ0v) is 8.93. The summed E-state index contributed by atoms with van der Waals surface area (Å²) in [6.45, 7) is 1.87. The van der Waals surface area contributed by atoms with E-state index in [4.69, 9.17) is 12.2 Å². The van der Waals surface area contributed by atoms with Crippen LogP contribution in [-0.4, -0.2) is 22.9 Å². The van der Waals surface area contributed by atoms with Crippen LogP contribution in [0, 0.1) is 0 Å². The first-order chi connectivity index (χ1) is 6.74. The highest BCUT2D eigenvalue weighted by Crippen LogP contribution is 1.94. The second-order valence-corrected chi connectivity index (χ2v) is 3.01. The Kier molecular flexibility index (Phi) is 4.00. The summed E-state index contributed by atoms with van der Waals surface area (Å²) in [7, 11) is 1.74. The van der Waals surface area contributed by atoms with Crippen molar-refractivity contribution in [2.24, 2.45) is 5.10 Å². The molecule has 1 rings (SSSR count). The van der Waals surface area contributed by atoms with Gasteiger partial charge in [-0.3, -0.25) is 10.4 Å². The predicted molar refractivity (Wildman–Crippen MR) is 61.2 cm³/mol. The Morgan fingerprint density at radius 2 is 2.29 bits per heavy atom. The Bertz CT molecular complexity index is 334. The lowest BCUT2D eigenvalue weighted by Gasteiger charge is -2.02. The van der Waals surface area contributed by atoms with E-state index in [2.05, 4.69) is 20.8 Å². The first kappa shape index (κ1) is 10.6. The molecule has 0 unspecified atom stereocenters. The van der Waals surface area contributed by atoms with Crippen molar-refractivity contribution in [2.45, 2.75) is 6.92 Å². The quantitative estimate of drug-likeness (QED) is 0.431. The molecule has 0 fully saturated rings. The van der Waals surface area contributed by atoms with Crippen molar-refractivity contribution in [1.29, 1.82) is 0 Å². The minimum absolute atomic E-state index is 0.486. The lowest BCUT2D eigenvalue weighted by atomic mass is 10.3. The lowest BCUT2D eigenvalue weighted by Crippen LogP contribution is -2.29. The summed E-state index contributed by atoms with van der Waals surface area (Å²) in [5.41, 5.74) is 4.33. The maximum absolute atomic E-state index is 4.87. The number of rotatable bonds is 2. The molecule has 1 aromatic heterocycles. The largest absolute Gasteiger partial charge is 0.364 e. The molecule has 0 amide bonds. The number of nitrogens with one attached hydrogen (secondary N) is 2. The smallest absolute Gasteiger partial charge is 0.186 e. The molecule has 1 heterocycles. The van der Waals surface area contributed by atoms with Crippen molar-refractivity contribution < 1.29 is 0 Å². The van der Waals surface area contributed by atoms with Gasteiger partial charge in [-0.15, -0.1) is 0 Å². The highest BCUT2D eigenvalue weighted by Gasteiger charge is 1.96. The second kappa shape index (κ2) is 5.29. The fourth-order valence-electron chi connectivity index (χ4n) is 0.825. The third-order valence-electron chi connectivity index (χ3n) is 1.59. The normalized spacial score (nSPS) is 10.9. The van der Waals surface area contributed by atoms with Crippen molar-refractivity contribution in [3.05, 3.63) is 30.1 Å². The maximum atomic E-state index is 4.87. The fourth-order valence-corrected chi connectivity index (χ4v) is 0.870. The van der Waals surface area contributed by atoms with Gasteiger partial charge in [-0.1, -0.05) is 6.07 Å². The van der Waals surface area contributed by atoms with E-state index < -0.39 is 0 Å². The van der Waals surface area contributed by atoms with Crippen molar-refractivity contribution >= 4 is 23.0 Å². The van der Waals surface area contributed by atoms with Gasteiger partial charge in [0.1, 0.15) is 0 Å². The molecule has 0 aliphatic rings. The van der Waals surface area contributed by atoms with Gasteiger partial charge in [0.15, 0.2) is 5.11 Å². The molecule has 0 bridgehead atoms. The van der Waals surface area contributed by atoms with Crippen molar-refractivity contribution in [3.8, 4) is 0 Å².